The van der Waals surface area contributed by atoms with Crippen molar-refractivity contribution in [1.82, 2.24) is 10.2 Å². The molecule has 0 bridgehead atoms. The maximum atomic E-state index is 12.1. The molecule has 1 saturated heterocycles. The molecule has 1 fully saturated rings. The summed E-state index contributed by atoms with van der Waals surface area (Å²) in [4.78, 5) is 25.1. The van der Waals surface area contributed by atoms with Gasteiger partial charge in [-0.1, -0.05) is 47.5 Å². The molecule has 0 aromatic heterocycles. The highest BCUT2D eigenvalue weighted by atomic mass is 79.9. The summed E-state index contributed by atoms with van der Waals surface area (Å²) in [5.74, 6) is -0.255. The molecule has 0 radical (unpaired) electrons. The fourth-order valence-electron chi connectivity index (χ4n) is 1.84. The standard InChI is InChI=1S/C14H15BrN2O2/c1-2-3-8-17-13(18)12(16-14(17)19)9-10-6-4-5-7-11(10)15/h4-7,9H,2-3,8H2,1H3,(H,16,19). The quantitative estimate of drug-likeness (QED) is 0.683. The fourth-order valence-corrected chi connectivity index (χ4v) is 2.24. The van der Waals surface area contributed by atoms with Crippen LogP contribution in [0.1, 0.15) is 25.3 Å². The lowest BCUT2D eigenvalue weighted by Crippen LogP contribution is -2.31. The molecule has 3 amide bonds. The van der Waals surface area contributed by atoms with Crippen molar-refractivity contribution in [2.24, 2.45) is 0 Å². The van der Waals surface area contributed by atoms with Gasteiger partial charge in [-0.05, 0) is 24.1 Å². The van der Waals surface area contributed by atoms with Gasteiger partial charge >= 0.3 is 6.03 Å². The number of nitrogens with zero attached hydrogens (tertiary/aromatic N) is 1. The molecule has 1 aromatic rings. The van der Waals surface area contributed by atoms with Crippen molar-refractivity contribution in [2.45, 2.75) is 19.8 Å². The minimum absolute atomic E-state index is 0.255. The second kappa shape index (κ2) is 6.02. The second-order valence-electron chi connectivity index (χ2n) is 4.32. The van der Waals surface area contributed by atoms with Gasteiger partial charge in [0, 0.05) is 11.0 Å². The Morgan fingerprint density at radius 2 is 2.05 bits per heavy atom. The van der Waals surface area contributed by atoms with E-state index in [-0.39, 0.29) is 11.9 Å². The number of halogens is 1. The molecule has 0 spiro atoms. The van der Waals surface area contributed by atoms with Crippen LogP contribution in [0.4, 0.5) is 4.79 Å². The fraction of sp³-hybridized carbons (Fsp3) is 0.286. The highest BCUT2D eigenvalue weighted by molar-refractivity contribution is 9.10. The monoisotopic (exact) mass is 322 g/mol. The van der Waals surface area contributed by atoms with Crippen molar-refractivity contribution in [3.8, 4) is 0 Å². The predicted molar refractivity (Wildman–Crippen MR) is 77.3 cm³/mol. The molecule has 0 atom stereocenters. The summed E-state index contributed by atoms with van der Waals surface area (Å²) < 4.78 is 0.886. The zero-order valence-electron chi connectivity index (χ0n) is 10.6. The smallest absolute Gasteiger partial charge is 0.303 e. The highest BCUT2D eigenvalue weighted by Crippen LogP contribution is 2.21. The van der Waals surface area contributed by atoms with Gasteiger partial charge in [0.25, 0.3) is 5.91 Å². The molecule has 1 aromatic carbocycles. The maximum absolute atomic E-state index is 12.1. The number of rotatable bonds is 4. The van der Waals surface area contributed by atoms with E-state index in [1.165, 1.54) is 4.90 Å². The van der Waals surface area contributed by atoms with Crippen LogP contribution in [0.25, 0.3) is 6.08 Å². The molecule has 4 nitrogen and oxygen atoms in total. The Bertz CT molecular complexity index is 540. The third-order valence-electron chi connectivity index (χ3n) is 2.90. The summed E-state index contributed by atoms with van der Waals surface area (Å²) in [6, 6.07) is 7.21. The summed E-state index contributed by atoms with van der Waals surface area (Å²) in [5, 5.41) is 2.62. The second-order valence-corrected chi connectivity index (χ2v) is 5.17. The van der Waals surface area contributed by atoms with E-state index in [0.29, 0.717) is 12.2 Å². The molecular weight excluding hydrogens is 308 g/mol. The normalized spacial score (nSPS) is 17.2. The van der Waals surface area contributed by atoms with Crippen LogP contribution in [0.5, 0.6) is 0 Å². The van der Waals surface area contributed by atoms with Crippen LogP contribution in [-0.4, -0.2) is 23.4 Å². The molecule has 19 heavy (non-hydrogen) atoms. The average Bonchev–Trinajstić information content (AvgIpc) is 2.65. The average molecular weight is 323 g/mol. The van der Waals surface area contributed by atoms with Gasteiger partial charge < -0.3 is 5.32 Å². The van der Waals surface area contributed by atoms with E-state index >= 15 is 0 Å². The Labute approximate surface area is 120 Å². The molecule has 1 N–H and O–H groups in total. The van der Waals surface area contributed by atoms with E-state index in [1.54, 1.807) is 6.08 Å². The SMILES string of the molecule is CCCCN1C(=O)NC(=Cc2ccccc2Br)C1=O. The van der Waals surface area contributed by atoms with E-state index < -0.39 is 0 Å². The third-order valence-corrected chi connectivity index (χ3v) is 3.62. The molecule has 1 aliphatic rings. The molecular formula is C14H15BrN2O2. The number of imide groups is 1. The topological polar surface area (TPSA) is 49.4 Å². The van der Waals surface area contributed by atoms with Crippen molar-refractivity contribution in [2.75, 3.05) is 6.54 Å². The van der Waals surface area contributed by atoms with E-state index in [1.807, 2.05) is 31.2 Å². The lowest BCUT2D eigenvalue weighted by molar-refractivity contribution is -0.122. The molecule has 1 heterocycles. The van der Waals surface area contributed by atoms with Gasteiger partial charge in [0.15, 0.2) is 0 Å². The van der Waals surface area contributed by atoms with Crippen LogP contribution in [0.3, 0.4) is 0 Å². The Morgan fingerprint density at radius 1 is 1.32 bits per heavy atom. The van der Waals surface area contributed by atoms with Gasteiger partial charge in [-0.25, -0.2) is 4.79 Å². The summed E-state index contributed by atoms with van der Waals surface area (Å²) in [6.07, 6.45) is 3.46. The van der Waals surface area contributed by atoms with Gasteiger partial charge in [0.2, 0.25) is 0 Å². The molecule has 0 saturated carbocycles. The lowest BCUT2D eigenvalue weighted by atomic mass is 10.2. The molecule has 100 valence electrons. The van der Waals surface area contributed by atoms with Crippen LogP contribution >= 0.6 is 15.9 Å². The van der Waals surface area contributed by atoms with Gasteiger partial charge in [0.05, 0.1) is 0 Å². The third kappa shape index (κ3) is 3.04. The Hall–Kier alpha value is -1.62. The molecule has 2 rings (SSSR count). The highest BCUT2D eigenvalue weighted by Gasteiger charge is 2.32. The number of unbranched alkanes of at least 4 members (excludes halogenated alkanes) is 1. The predicted octanol–water partition coefficient (Wildman–Crippen LogP) is 3.14. The van der Waals surface area contributed by atoms with Crippen molar-refractivity contribution in [3.05, 3.63) is 40.0 Å². The first kappa shape index (κ1) is 13.8. The number of amides is 3. The Kier molecular flexibility index (Phi) is 4.37. The Morgan fingerprint density at radius 3 is 2.74 bits per heavy atom. The van der Waals surface area contributed by atoms with Gasteiger partial charge in [-0.15, -0.1) is 0 Å². The largest absolute Gasteiger partial charge is 0.329 e. The van der Waals surface area contributed by atoms with E-state index in [4.69, 9.17) is 0 Å². The minimum Gasteiger partial charge on any atom is -0.303 e. The summed E-state index contributed by atoms with van der Waals surface area (Å²) in [5.41, 5.74) is 1.19. The number of nitrogens with one attached hydrogen (secondary N) is 1. The number of carbonyl (C=O) groups is 2. The molecule has 0 unspecified atom stereocenters. The first-order valence-corrected chi connectivity index (χ1v) is 7.02. The van der Waals surface area contributed by atoms with Crippen LogP contribution in [-0.2, 0) is 4.79 Å². The van der Waals surface area contributed by atoms with E-state index in [2.05, 4.69) is 21.2 Å². The van der Waals surface area contributed by atoms with Crippen LogP contribution in [0.15, 0.2) is 34.4 Å². The molecule has 1 aliphatic heterocycles. The van der Waals surface area contributed by atoms with Gasteiger partial charge in [0.1, 0.15) is 5.70 Å². The van der Waals surface area contributed by atoms with Gasteiger partial charge in [-0.3, -0.25) is 9.69 Å². The summed E-state index contributed by atoms with van der Waals surface area (Å²) in [7, 11) is 0. The molecule has 0 aliphatic carbocycles. The minimum atomic E-state index is -0.336. The van der Waals surface area contributed by atoms with E-state index in [0.717, 1.165) is 22.9 Å². The van der Waals surface area contributed by atoms with Crippen LogP contribution < -0.4 is 5.32 Å². The number of hydrogen-bond donors (Lipinski definition) is 1. The molecule has 5 heteroatoms. The number of urea groups is 1. The first-order chi connectivity index (χ1) is 9.13. The zero-order valence-corrected chi connectivity index (χ0v) is 12.2. The van der Waals surface area contributed by atoms with Crippen molar-refractivity contribution in [3.63, 3.8) is 0 Å². The van der Waals surface area contributed by atoms with E-state index in [9.17, 15) is 9.59 Å². The van der Waals surface area contributed by atoms with Gasteiger partial charge in [-0.2, -0.15) is 0 Å². The van der Waals surface area contributed by atoms with Crippen LogP contribution in [0, 0.1) is 0 Å². The summed E-state index contributed by atoms with van der Waals surface area (Å²) in [6.45, 7) is 2.49. The zero-order chi connectivity index (χ0) is 13.8. The first-order valence-electron chi connectivity index (χ1n) is 6.22. The van der Waals surface area contributed by atoms with Crippen molar-refractivity contribution in [1.29, 1.82) is 0 Å². The number of hydrogen-bond acceptors (Lipinski definition) is 2. The van der Waals surface area contributed by atoms with Crippen molar-refractivity contribution < 1.29 is 9.59 Å². The van der Waals surface area contributed by atoms with Crippen molar-refractivity contribution >= 4 is 33.9 Å². The maximum Gasteiger partial charge on any atom is 0.329 e. The number of carbonyl (C=O) groups excluding carboxylic acids is 2. The summed E-state index contributed by atoms with van der Waals surface area (Å²) >= 11 is 3.41. The van der Waals surface area contributed by atoms with Crippen LogP contribution in [0.2, 0.25) is 0 Å². The Balaban J connectivity index is 2.21. The number of benzene rings is 1. The lowest BCUT2D eigenvalue weighted by Gasteiger charge is -2.09.